The SMILES string of the molecule is CC/C=C\C/C=C\C/C=C\C/C=C\C/C=C\C/C=C\C/C=C\CCCCCC(=O)OCC(COC(=O)CCCCCCC/C=C\C/C=C\CCCCCC)OC(=O)CCCC/C=C\C/C=C\C/C=C\C/C=C\C/C=C\C/C=C\CC. The van der Waals surface area contributed by atoms with Crippen molar-refractivity contribution in [1.82, 2.24) is 0 Å². The molecule has 0 rings (SSSR count). The third kappa shape index (κ3) is 63.3. The lowest BCUT2D eigenvalue weighted by Crippen LogP contribution is -2.30. The van der Waals surface area contributed by atoms with Crippen LogP contribution in [0.4, 0.5) is 0 Å². The van der Waals surface area contributed by atoms with E-state index in [2.05, 4.69) is 203 Å². The molecular weight excluding hydrogens is 985 g/mol. The van der Waals surface area contributed by atoms with E-state index in [0.29, 0.717) is 19.3 Å². The molecule has 0 N–H and O–H groups in total. The Bertz CT molecular complexity index is 1890. The van der Waals surface area contributed by atoms with Crippen LogP contribution in [0.15, 0.2) is 182 Å². The van der Waals surface area contributed by atoms with Crippen molar-refractivity contribution in [3.63, 3.8) is 0 Å². The zero-order valence-electron chi connectivity index (χ0n) is 51.0. The molecule has 6 heteroatoms. The first-order valence-electron chi connectivity index (χ1n) is 31.8. The van der Waals surface area contributed by atoms with Gasteiger partial charge in [-0.05, 0) is 161 Å². The van der Waals surface area contributed by atoms with Crippen LogP contribution < -0.4 is 0 Å². The van der Waals surface area contributed by atoms with Crippen LogP contribution >= 0.6 is 0 Å². The van der Waals surface area contributed by atoms with Crippen LogP contribution in [0.2, 0.25) is 0 Å². The van der Waals surface area contributed by atoms with Gasteiger partial charge in [0.15, 0.2) is 6.10 Å². The molecule has 0 aromatic heterocycles. The Labute approximate surface area is 491 Å². The fourth-order valence-corrected chi connectivity index (χ4v) is 7.92. The number of unbranched alkanes of at least 4 members (excludes halogenated alkanes) is 14. The maximum absolute atomic E-state index is 12.9. The summed E-state index contributed by atoms with van der Waals surface area (Å²) in [5.74, 6) is -1.02. The van der Waals surface area contributed by atoms with E-state index in [1.165, 1.54) is 32.1 Å². The third-order valence-corrected chi connectivity index (χ3v) is 12.6. The fraction of sp³-hybridized carbons (Fsp3) is 0.554. The summed E-state index contributed by atoms with van der Waals surface area (Å²) >= 11 is 0. The molecule has 0 amide bonds. The highest BCUT2D eigenvalue weighted by atomic mass is 16.6. The lowest BCUT2D eigenvalue weighted by atomic mass is 10.1. The molecular formula is C74H114O6. The van der Waals surface area contributed by atoms with Crippen molar-refractivity contribution < 1.29 is 28.6 Å². The van der Waals surface area contributed by atoms with Gasteiger partial charge in [0.1, 0.15) is 13.2 Å². The highest BCUT2D eigenvalue weighted by molar-refractivity contribution is 5.71. The smallest absolute Gasteiger partial charge is 0.306 e. The van der Waals surface area contributed by atoms with E-state index >= 15 is 0 Å². The van der Waals surface area contributed by atoms with E-state index in [9.17, 15) is 14.4 Å². The van der Waals surface area contributed by atoms with Crippen LogP contribution in [0.5, 0.6) is 0 Å². The summed E-state index contributed by atoms with van der Waals surface area (Å²) in [6, 6.07) is 0. The lowest BCUT2D eigenvalue weighted by Gasteiger charge is -2.18. The van der Waals surface area contributed by atoms with Crippen LogP contribution in [0, 0.1) is 0 Å². The predicted octanol–water partition coefficient (Wildman–Crippen LogP) is 22.0. The van der Waals surface area contributed by atoms with Crippen molar-refractivity contribution in [2.24, 2.45) is 0 Å². The van der Waals surface area contributed by atoms with Crippen LogP contribution in [0.25, 0.3) is 0 Å². The Morgan fingerprint density at radius 2 is 0.487 bits per heavy atom. The molecule has 1 unspecified atom stereocenters. The molecule has 0 saturated heterocycles. The van der Waals surface area contributed by atoms with Gasteiger partial charge in [0.05, 0.1) is 0 Å². The summed E-state index contributed by atoms with van der Waals surface area (Å²) in [7, 11) is 0. The van der Waals surface area contributed by atoms with Gasteiger partial charge in [0.25, 0.3) is 0 Å². The molecule has 0 bridgehead atoms. The molecule has 0 aromatic rings. The number of carbonyl (C=O) groups excluding carboxylic acids is 3. The van der Waals surface area contributed by atoms with Gasteiger partial charge in [0.2, 0.25) is 0 Å². The summed E-state index contributed by atoms with van der Waals surface area (Å²) in [6.07, 6.45) is 98.9. The molecule has 0 saturated carbocycles. The minimum atomic E-state index is -0.834. The summed E-state index contributed by atoms with van der Waals surface area (Å²) in [5.41, 5.74) is 0. The van der Waals surface area contributed by atoms with Gasteiger partial charge >= 0.3 is 17.9 Å². The number of rotatable bonds is 55. The van der Waals surface area contributed by atoms with Crippen molar-refractivity contribution in [3.8, 4) is 0 Å². The van der Waals surface area contributed by atoms with E-state index in [1.807, 2.05) is 0 Å². The van der Waals surface area contributed by atoms with Gasteiger partial charge in [-0.1, -0.05) is 248 Å². The summed E-state index contributed by atoms with van der Waals surface area (Å²) in [6.45, 7) is 6.31. The van der Waals surface area contributed by atoms with Crippen molar-refractivity contribution in [1.29, 1.82) is 0 Å². The van der Waals surface area contributed by atoms with E-state index in [1.54, 1.807) is 0 Å². The first kappa shape index (κ1) is 74.5. The third-order valence-electron chi connectivity index (χ3n) is 12.6. The first-order chi connectivity index (χ1) is 39.5. The standard InChI is InChI=1S/C74H114O6/c1-4-7-10-13-16-19-22-25-28-31-33-35-36-37-38-40-41-43-46-49-52-55-58-61-64-67-73(76)79-70-71(69-78-72(75)66-63-60-57-54-51-48-45-30-27-24-21-18-15-12-9-6-3)80-74(77)68-65-62-59-56-53-50-47-44-42-39-34-32-29-26-23-20-17-14-11-8-5-2/h7-8,10-11,16-17,19-21,24-26,28-30,33-35,37-39,41,43-45,47,49,52-53,56,71H,4-6,9,12-15,18,22-23,27,31-32,36,40,42,46,48,50-51,54-55,57-70H2,1-3H3/b10-7-,11-8-,19-16-,20-17-,24-21-,28-25-,29-26-,35-33-,38-37-,39-34-,43-41-,45-30-,47-44-,52-49-,56-53-. The number of hydrogen-bond donors (Lipinski definition) is 0. The quantitative estimate of drug-likeness (QED) is 0.0261. The van der Waals surface area contributed by atoms with E-state index in [-0.39, 0.29) is 37.5 Å². The molecule has 0 fully saturated rings. The van der Waals surface area contributed by atoms with Gasteiger partial charge in [-0.2, -0.15) is 0 Å². The van der Waals surface area contributed by atoms with Crippen molar-refractivity contribution in [2.45, 2.75) is 252 Å². The second kappa shape index (κ2) is 66.0. The predicted molar refractivity (Wildman–Crippen MR) is 348 cm³/mol. The molecule has 0 aliphatic carbocycles. The summed E-state index contributed by atoms with van der Waals surface area (Å²) in [4.78, 5) is 38.3. The minimum absolute atomic E-state index is 0.123. The number of carbonyl (C=O) groups is 3. The molecule has 0 heterocycles. The maximum atomic E-state index is 12.9. The highest BCUT2D eigenvalue weighted by Gasteiger charge is 2.19. The molecule has 0 spiro atoms. The van der Waals surface area contributed by atoms with Crippen LogP contribution in [-0.2, 0) is 28.6 Å². The van der Waals surface area contributed by atoms with Gasteiger partial charge in [-0.15, -0.1) is 0 Å². The molecule has 0 aliphatic heterocycles. The number of esters is 3. The second-order valence-electron chi connectivity index (χ2n) is 20.2. The average molecular weight is 1100 g/mol. The zero-order valence-corrected chi connectivity index (χ0v) is 51.0. The maximum Gasteiger partial charge on any atom is 0.306 e. The molecule has 0 radical (unpaired) electrons. The van der Waals surface area contributed by atoms with Gasteiger partial charge in [-0.25, -0.2) is 0 Å². The van der Waals surface area contributed by atoms with E-state index in [4.69, 9.17) is 14.2 Å². The Morgan fingerprint density at radius 1 is 0.263 bits per heavy atom. The molecule has 6 nitrogen and oxygen atoms in total. The Hall–Kier alpha value is -5.49. The zero-order chi connectivity index (χ0) is 57.8. The highest BCUT2D eigenvalue weighted by Crippen LogP contribution is 2.12. The normalized spacial score (nSPS) is 13.4. The molecule has 0 aromatic carbocycles. The van der Waals surface area contributed by atoms with Crippen molar-refractivity contribution in [2.75, 3.05) is 13.2 Å². The minimum Gasteiger partial charge on any atom is -0.462 e. The fourth-order valence-electron chi connectivity index (χ4n) is 7.92. The van der Waals surface area contributed by atoms with E-state index in [0.717, 1.165) is 167 Å². The first-order valence-corrected chi connectivity index (χ1v) is 31.8. The number of ether oxygens (including phenoxy) is 3. The average Bonchev–Trinajstić information content (AvgIpc) is 3.46. The number of hydrogen-bond acceptors (Lipinski definition) is 6. The molecule has 446 valence electrons. The van der Waals surface area contributed by atoms with Gasteiger partial charge in [-0.3, -0.25) is 14.4 Å². The Kier molecular flexibility index (Phi) is 61.5. The van der Waals surface area contributed by atoms with Crippen molar-refractivity contribution in [3.05, 3.63) is 182 Å². The van der Waals surface area contributed by atoms with Crippen molar-refractivity contribution >= 4 is 17.9 Å². The lowest BCUT2D eigenvalue weighted by molar-refractivity contribution is -0.167. The van der Waals surface area contributed by atoms with Crippen LogP contribution in [0.1, 0.15) is 245 Å². The molecule has 80 heavy (non-hydrogen) atoms. The summed E-state index contributed by atoms with van der Waals surface area (Å²) < 4.78 is 16.8. The second-order valence-corrected chi connectivity index (χ2v) is 20.2. The van der Waals surface area contributed by atoms with E-state index < -0.39 is 6.10 Å². The molecule has 1 atom stereocenters. The van der Waals surface area contributed by atoms with Crippen LogP contribution in [-0.4, -0.2) is 37.2 Å². The Morgan fingerprint density at radius 3 is 0.800 bits per heavy atom. The summed E-state index contributed by atoms with van der Waals surface area (Å²) in [5, 5.41) is 0. The van der Waals surface area contributed by atoms with Crippen LogP contribution in [0.3, 0.4) is 0 Å². The topological polar surface area (TPSA) is 78.9 Å². The van der Waals surface area contributed by atoms with Gasteiger partial charge in [0, 0.05) is 19.3 Å². The van der Waals surface area contributed by atoms with Gasteiger partial charge < -0.3 is 14.2 Å². The largest absolute Gasteiger partial charge is 0.462 e. The monoisotopic (exact) mass is 1100 g/mol. The Balaban J connectivity index is 4.59. The molecule has 0 aliphatic rings. The number of allylic oxidation sites excluding steroid dienone is 30.